The van der Waals surface area contributed by atoms with E-state index in [0.717, 1.165) is 36.8 Å². The Balaban J connectivity index is 1.32. The molecule has 2 bridgehead atoms. The van der Waals surface area contributed by atoms with Gasteiger partial charge in [0.1, 0.15) is 11.6 Å². The summed E-state index contributed by atoms with van der Waals surface area (Å²) in [5, 5.41) is 6.21. The average Bonchev–Trinajstić information content (AvgIpc) is 3.54. The summed E-state index contributed by atoms with van der Waals surface area (Å²) < 4.78 is 6.44. The minimum Gasteiger partial charge on any atom is -0.359 e. The van der Waals surface area contributed by atoms with E-state index in [1.54, 1.807) is 4.90 Å². The summed E-state index contributed by atoms with van der Waals surface area (Å²) in [5.74, 6) is -2.11. The largest absolute Gasteiger partial charge is 0.359 e. The van der Waals surface area contributed by atoms with Crippen LogP contribution in [0, 0.1) is 18.8 Å². The van der Waals surface area contributed by atoms with E-state index >= 15 is 0 Å². The van der Waals surface area contributed by atoms with Crippen molar-refractivity contribution in [1.29, 1.82) is 0 Å². The summed E-state index contributed by atoms with van der Waals surface area (Å²) in [5.41, 5.74) is 1.55. The lowest BCUT2D eigenvalue weighted by Gasteiger charge is -2.34. The van der Waals surface area contributed by atoms with Gasteiger partial charge in [-0.1, -0.05) is 79.4 Å². The van der Waals surface area contributed by atoms with Gasteiger partial charge in [0.2, 0.25) is 17.7 Å². The van der Waals surface area contributed by atoms with Crippen LogP contribution in [0.25, 0.3) is 0 Å². The van der Waals surface area contributed by atoms with Gasteiger partial charge in [-0.25, -0.2) is 0 Å². The first-order valence-corrected chi connectivity index (χ1v) is 13.4. The monoisotopic (exact) mass is 499 g/mol. The summed E-state index contributed by atoms with van der Waals surface area (Å²) >= 11 is 0. The van der Waals surface area contributed by atoms with Gasteiger partial charge in [-0.2, -0.15) is 0 Å². The Kier molecular flexibility index (Phi) is 6.11. The van der Waals surface area contributed by atoms with Crippen LogP contribution in [0.15, 0.2) is 66.7 Å². The first-order valence-electron chi connectivity index (χ1n) is 13.4. The predicted molar refractivity (Wildman–Crippen MR) is 139 cm³/mol. The van der Waals surface area contributed by atoms with Gasteiger partial charge in [0.05, 0.1) is 17.9 Å². The number of nitrogens with zero attached hydrogens (tertiary/aromatic N) is 1. The molecule has 7 heteroatoms. The molecule has 2 saturated heterocycles. The molecule has 3 unspecified atom stereocenters. The molecule has 1 saturated carbocycles. The van der Waals surface area contributed by atoms with Crippen molar-refractivity contribution in [3.05, 3.63) is 77.9 Å². The van der Waals surface area contributed by atoms with Gasteiger partial charge in [-0.3, -0.25) is 14.4 Å². The van der Waals surface area contributed by atoms with E-state index in [0.29, 0.717) is 5.69 Å². The second-order valence-electron chi connectivity index (χ2n) is 10.9. The zero-order valence-electron chi connectivity index (χ0n) is 21.1. The van der Waals surface area contributed by atoms with Gasteiger partial charge in [0, 0.05) is 18.3 Å². The molecule has 3 amide bonds. The number of rotatable bonds is 6. The second kappa shape index (κ2) is 9.45. The minimum atomic E-state index is -1.15. The van der Waals surface area contributed by atoms with E-state index in [1.807, 2.05) is 73.7 Å². The topological polar surface area (TPSA) is 87.7 Å². The first-order chi connectivity index (χ1) is 18.0. The van der Waals surface area contributed by atoms with Crippen LogP contribution in [0.3, 0.4) is 0 Å². The third-order valence-electron chi connectivity index (χ3n) is 8.39. The highest BCUT2D eigenvalue weighted by Gasteiger charge is 2.72. The molecule has 0 radical (unpaired) electrons. The fourth-order valence-electron chi connectivity index (χ4n) is 6.61. The van der Waals surface area contributed by atoms with Crippen molar-refractivity contribution in [2.45, 2.75) is 69.4 Å². The average molecular weight is 500 g/mol. The third kappa shape index (κ3) is 4.15. The number of carbonyl (C=O) groups is 3. The number of amides is 3. The SMILES string of the molecule is Cc1ccc(NC(=O)C2[C@H]3C=CC4(O3)C(C(=O)NC3CCCCC3)N(Cc3ccccc3)C(=O)[C@@H]24)cc1. The lowest BCUT2D eigenvalue weighted by Crippen LogP contribution is -2.56. The van der Waals surface area contributed by atoms with Crippen LogP contribution in [0.5, 0.6) is 0 Å². The quantitative estimate of drug-likeness (QED) is 0.593. The molecule has 0 aromatic heterocycles. The molecule has 192 valence electrons. The fourth-order valence-corrected chi connectivity index (χ4v) is 6.61. The summed E-state index contributed by atoms with van der Waals surface area (Å²) in [6, 6.07) is 16.5. The molecule has 37 heavy (non-hydrogen) atoms. The number of hydrogen-bond acceptors (Lipinski definition) is 4. The molecule has 3 aliphatic heterocycles. The maximum absolute atomic E-state index is 14.0. The molecule has 3 heterocycles. The van der Waals surface area contributed by atoms with E-state index in [9.17, 15) is 14.4 Å². The number of likely N-dealkylation sites (tertiary alicyclic amines) is 1. The van der Waals surface area contributed by atoms with Gasteiger partial charge in [-0.05, 0) is 37.5 Å². The standard InChI is InChI=1S/C30H33N3O4/c1-19-12-14-22(15-13-19)31-27(34)24-23-16-17-30(37-23)25(24)29(36)33(18-20-8-4-2-5-9-20)26(30)28(35)32-21-10-6-3-7-11-21/h2,4-5,8-9,12-17,21,23-26H,3,6-7,10-11,18H2,1H3,(H,31,34)(H,32,35)/t23-,24?,25-,26?,30?/m1/s1. The van der Waals surface area contributed by atoms with E-state index < -0.39 is 29.6 Å². The van der Waals surface area contributed by atoms with Crippen molar-refractivity contribution in [2.75, 3.05) is 5.32 Å². The lowest BCUT2D eigenvalue weighted by molar-refractivity contribution is -0.142. The highest BCUT2D eigenvalue weighted by molar-refractivity contribution is 6.02. The number of aryl methyl sites for hydroxylation is 1. The number of benzene rings is 2. The third-order valence-corrected chi connectivity index (χ3v) is 8.39. The molecule has 2 aromatic carbocycles. The van der Waals surface area contributed by atoms with Crippen LogP contribution in [0.4, 0.5) is 5.69 Å². The van der Waals surface area contributed by atoms with Crippen molar-refractivity contribution in [3.8, 4) is 0 Å². The van der Waals surface area contributed by atoms with Crippen LogP contribution >= 0.6 is 0 Å². The number of ether oxygens (including phenoxy) is 1. The van der Waals surface area contributed by atoms with Crippen molar-refractivity contribution < 1.29 is 19.1 Å². The maximum Gasteiger partial charge on any atom is 0.246 e. The van der Waals surface area contributed by atoms with E-state index in [1.165, 1.54) is 6.42 Å². The summed E-state index contributed by atoms with van der Waals surface area (Å²) in [6.45, 7) is 2.27. The van der Waals surface area contributed by atoms with E-state index in [-0.39, 0.29) is 30.3 Å². The fraction of sp³-hybridized carbons (Fsp3) is 0.433. The number of nitrogens with one attached hydrogen (secondary N) is 2. The zero-order chi connectivity index (χ0) is 25.6. The Hall–Kier alpha value is -3.45. The number of fused-ring (bicyclic) bond motifs is 1. The van der Waals surface area contributed by atoms with E-state index in [2.05, 4.69) is 10.6 Å². The molecule has 5 atom stereocenters. The molecule has 7 nitrogen and oxygen atoms in total. The minimum absolute atomic E-state index is 0.105. The van der Waals surface area contributed by atoms with Crippen molar-refractivity contribution in [3.63, 3.8) is 0 Å². The van der Waals surface area contributed by atoms with Crippen molar-refractivity contribution in [1.82, 2.24) is 10.2 Å². The summed E-state index contributed by atoms with van der Waals surface area (Å²) in [4.78, 5) is 43.1. The smallest absolute Gasteiger partial charge is 0.246 e. The maximum atomic E-state index is 14.0. The molecular formula is C30H33N3O4. The Morgan fingerprint density at radius 3 is 2.46 bits per heavy atom. The number of hydrogen-bond donors (Lipinski definition) is 2. The predicted octanol–water partition coefficient (Wildman–Crippen LogP) is 3.73. The Bertz CT molecular complexity index is 1220. The molecule has 6 rings (SSSR count). The van der Waals surface area contributed by atoms with Gasteiger partial charge in [0.25, 0.3) is 0 Å². The molecule has 2 aromatic rings. The zero-order valence-corrected chi connectivity index (χ0v) is 21.1. The summed E-state index contributed by atoms with van der Waals surface area (Å²) in [7, 11) is 0. The molecule has 2 N–H and O–H groups in total. The molecular weight excluding hydrogens is 466 g/mol. The Labute approximate surface area is 217 Å². The Morgan fingerprint density at radius 2 is 1.73 bits per heavy atom. The van der Waals surface area contributed by atoms with Crippen molar-refractivity contribution >= 4 is 23.4 Å². The number of carbonyl (C=O) groups excluding carboxylic acids is 3. The van der Waals surface area contributed by atoms with Crippen molar-refractivity contribution in [2.24, 2.45) is 11.8 Å². The van der Waals surface area contributed by atoms with Gasteiger partial charge in [-0.15, -0.1) is 0 Å². The summed E-state index contributed by atoms with van der Waals surface area (Å²) in [6.07, 6.45) is 8.45. The van der Waals surface area contributed by atoms with Gasteiger partial charge >= 0.3 is 0 Å². The van der Waals surface area contributed by atoms with Gasteiger partial charge < -0.3 is 20.3 Å². The van der Waals surface area contributed by atoms with E-state index in [4.69, 9.17) is 4.74 Å². The normalized spacial score (nSPS) is 30.4. The second-order valence-corrected chi connectivity index (χ2v) is 10.9. The van der Waals surface area contributed by atoms with Crippen LogP contribution in [0.2, 0.25) is 0 Å². The lowest BCUT2D eigenvalue weighted by atomic mass is 9.74. The highest BCUT2D eigenvalue weighted by atomic mass is 16.5. The van der Waals surface area contributed by atoms with Crippen LogP contribution in [-0.4, -0.2) is 46.4 Å². The highest BCUT2D eigenvalue weighted by Crippen LogP contribution is 2.55. The van der Waals surface area contributed by atoms with Gasteiger partial charge in [0.15, 0.2) is 0 Å². The first kappa shape index (κ1) is 23.9. The molecule has 1 aliphatic carbocycles. The molecule has 1 spiro atoms. The van der Waals surface area contributed by atoms with Crippen LogP contribution in [0.1, 0.15) is 43.2 Å². The molecule has 4 aliphatic rings. The Morgan fingerprint density at radius 1 is 1.00 bits per heavy atom. The van der Waals surface area contributed by atoms with Crippen LogP contribution < -0.4 is 10.6 Å². The van der Waals surface area contributed by atoms with Crippen LogP contribution in [-0.2, 0) is 25.7 Å². The number of anilines is 1. The molecule has 3 fully saturated rings.